The van der Waals surface area contributed by atoms with Gasteiger partial charge in [0.2, 0.25) is 0 Å². The van der Waals surface area contributed by atoms with Crippen LogP contribution in [-0.4, -0.2) is 45.3 Å². The van der Waals surface area contributed by atoms with Gasteiger partial charge in [0.05, 0.1) is 18.1 Å². The smallest absolute Gasteiger partial charge is 0.405 e. The molecule has 2 heterocycles. The Kier molecular flexibility index (Phi) is 4.65. The first-order valence-corrected chi connectivity index (χ1v) is 7.18. The van der Waals surface area contributed by atoms with Crippen molar-refractivity contribution in [3.8, 4) is 0 Å². The Bertz CT molecular complexity index is 458. The Balaban J connectivity index is 2.04. The molecule has 1 saturated heterocycles. The van der Waals surface area contributed by atoms with Crippen molar-refractivity contribution in [1.29, 1.82) is 0 Å². The molecular weight excluding hydrogens is 256 g/mol. The summed E-state index contributed by atoms with van der Waals surface area (Å²) < 4.78 is 2.07. The summed E-state index contributed by atoms with van der Waals surface area (Å²) in [7, 11) is 2.15. The van der Waals surface area contributed by atoms with Crippen molar-refractivity contribution in [2.24, 2.45) is 5.92 Å². The first-order valence-electron chi connectivity index (χ1n) is 7.18. The van der Waals surface area contributed by atoms with Gasteiger partial charge in [0.25, 0.3) is 0 Å². The largest absolute Gasteiger partial charge is 0.465 e. The van der Waals surface area contributed by atoms with Gasteiger partial charge >= 0.3 is 6.09 Å². The molecule has 0 aromatic carbocycles. The second kappa shape index (κ2) is 6.26. The van der Waals surface area contributed by atoms with Crippen LogP contribution in [0.2, 0.25) is 0 Å². The molecule has 1 aliphatic heterocycles. The van der Waals surface area contributed by atoms with E-state index in [4.69, 9.17) is 5.11 Å². The maximum atomic E-state index is 10.9. The van der Waals surface area contributed by atoms with Crippen molar-refractivity contribution in [2.75, 3.05) is 13.6 Å². The second-order valence-electron chi connectivity index (χ2n) is 5.94. The minimum atomic E-state index is -1.01. The van der Waals surface area contributed by atoms with E-state index >= 15 is 0 Å². The van der Waals surface area contributed by atoms with Crippen LogP contribution in [0.15, 0.2) is 12.5 Å². The Hall–Kier alpha value is -1.56. The van der Waals surface area contributed by atoms with Crippen LogP contribution in [-0.2, 0) is 6.54 Å². The predicted molar refractivity (Wildman–Crippen MR) is 76.6 cm³/mol. The number of carboxylic acid groups (broad SMARTS) is 1. The highest BCUT2D eigenvalue weighted by molar-refractivity contribution is 5.65. The van der Waals surface area contributed by atoms with Gasteiger partial charge in [-0.15, -0.1) is 0 Å². The summed E-state index contributed by atoms with van der Waals surface area (Å²) in [5.41, 5.74) is 0.794. The summed E-state index contributed by atoms with van der Waals surface area (Å²) in [6.45, 7) is 6.05. The Morgan fingerprint density at radius 2 is 2.35 bits per heavy atom. The first-order chi connectivity index (χ1) is 9.47. The van der Waals surface area contributed by atoms with Crippen LogP contribution in [0.1, 0.15) is 38.4 Å². The number of aromatic nitrogens is 2. The van der Waals surface area contributed by atoms with Gasteiger partial charge in [-0.1, -0.05) is 13.8 Å². The van der Waals surface area contributed by atoms with Crippen molar-refractivity contribution in [2.45, 2.75) is 45.3 Å². The molecular formula is C14H24N4O2. The number of nitrogens with zero attached hydrogens (tertiary/aromatic N) is 3. The van der Waals surface area contributed by atoms with E-state index in [-0.39, 0.29) is 12.0 Å². The van der Waals surface area contributed by atoms with E-state index in [0.717, 1.165) is 18.8 Å². The van der Waals surface area contributed by atoms with E-state index in [1.54, 1.807) is 6.33 Å². The molecule has 0 aliphatic carbocycles. The monoisotopic (exact) mass is 280 g/mol. The van der Waals surface area contributed by atoms with Gasteiger partial charge in [-0.3, -0.25) is 0 Å². The van der Waals surface area contributed by atoms with Crippen LogP contribution in [0.25, 0.3) is 0 Å². The molecule has 0 spiro atoms. The molecule has 0 saturated carbocycles. The molecule has 2 atom stereocenters. The topological polar surface area (TPSA) is 70.4 Å². The molecule has 0 radical (unpaired) electrons. The Labute approximate surface area is 119 Å². The zero-order chi connectivity index (χ0) is 14.7. The van der Waals surface area contributed by atoms with Gasteiger partial charge in [-0.05, 0) is 32.4 Å². The van der Waals surface area contributed by atoms with Crippen LogP contribution in [0.5, 0.6) is 0 Å². The highest BCUT2D eigenvalue weighted by atomic mass is 16.4. The molecule has 1 unspecified atom stereocenters. The molecule has 6 heteroatoms. The van der Waals surface area contributed by atoms with Crippen LogP contribution in [0.4, 0.5) is 4.79 Å². The summed E-state index contributed by atoms with van der Waals surface area (Å²) in [5, 5.41) is 11.5. The minimum absolute atomic E-state index is 0.170. The van der Waals surface area contributed by atoms with Gasteiger partial charge in [-0.2, -0.15) is 0 Å². The third-order valence-corrected chi connectivity index (χ3v) is 4.01. The van der Waals surface area contributed by atoms with E-state index in [1.807, 2.05) is 20.0 Å². The lowest BCUT2D eigenvalue weighted by molar-refractivity contribution is 0.185. The predicted octanol–water partition coefficient (Wildman–Crippen LogP) is 1.94. The summed E-state index contributed by atoms with van der Waals surface area (Å²) in [6.07, 6.45) is 5.23. The molecule has 1 aliphatic rings. The lowest BCUT2D eigenvalue weighted by Gasteiger charge is -2.20. The molecule has 112 valence electrons. The molecule has 1 aromatic rings. The summed E-state index contributed by atoms with van der Waals surface area (Å²) >= 11 is 0. The van der Waals surface area contributed by atoms with E-state index in [9.17, 15) is 4.79 Å². The fraction of sp³-hybridized carbons (Fsp3) is 0.714. The molecule has 6 nitrogen and oxygen atoms in total. The maximum Gasteiger partial charge on any atom is 0.405 e. The van der Waals surface area contributed by atoms with Crippen molar-refractivity contribution in [3.05, 3.63) is 18.2 Å². The molecule has 2 N–H and O–H groups in total. The van der Waals surface area contributed by atoms with Crippen LogP contribution in [0, 0.1) is 5.92 Å². The van der Waals surface area contributed by atoms with E-state index in [2.05, 4.69) is 26.8 Å². The summed E-state index contributed by atoms with van der Waals surface area (Å²) in [5.74, 6) is 0.170. The van der Waals surface area contributed by atoms with E-state index < -0.39 is 6.09 Å². The number of nitrogens with one attached hydrogen (secondary N) is 1. The summed E-state index contributed by atoms with van der Waals surface area (Å²) in [6, 6.07) is 0.303. The maximum absolute atomic E-state index is 10.9. The Morgan fingerprint density at radius 1 is 1.60 bits per heavy atom. The number of imidazole rings is 1. The number of hydrogen-bond acceptors (Lipinski definition) is 3. The standard InChI is InChI=1S/C14H24N4O2/c1-10(2)13(16-14(19)20)12-8-18(9-15-12)7-11-5-4-6-17(11)3/h8-11,13,16H,4-7H2,1-3H3,(H,19,20)/t11-,13?/m1/s1. The zero-order valence-corrected chi connectivity index (χ0v) is 12.4. The van der Waals surface area contributed by atoms with Crippen molar-refractivity contribution >= 4 is 6.09 Å². The second-order valence-corrected chi connectivity index (χ2v) is 5.94. The summed E-state index contributed by atoms with van der Waals surface area (Å²) in [4.78, 5) is 17.6. The molecule has 20 heavy (non-hydrogen) atoms. The first kappa shape index (κ1) is 14.8. The van der Waals surface area contributed by atoms with Crippen LogP contribution >= 0.6 is 0 Å². The average Bonchev–Trinajstić information content (AvgIpc) is 2.97. The molecule has 1 amide bonds. The molecule has 0 bridgehead atoms. The molecule has 1 aromatic heterocycles. The highest BCUT2D eigenvalue weighted by Crippen LogP contribution is 2.21. The molecule has 2 rings (SSSR count). The van der Waals surface area contributed by atoms with Gasteiger partial charge in [0, 0.05) is 18.8 Å². The van der Waals surface area contributed by atoms with Gasteiger partial charge in [-0.25, -0.2) is 9.78 Å². The van der Waals surface area contributed by atoms with Gasteiger partial charge < -0.3 is 19.9 Å². The zero-order valence-electron chi connectivity index (χ0n) is 12.4. The van der Waals surface area contributed by atoms with Gasteiger partial charge in [0.15, 0.2) is 0 Å². The lowest BCUT2D eigenvalue weighted by atomic mass is 10.0. The minimum Gasteiger partial charge on any atom is -0.465 e. The highest BCUT2D eigenvalue weighted by Gasteiger charge is 2.23. The number of amides is 1. The SMILES string of the molecule is CC(C)C(NC(=O)O)c1cn(C[C@H]2CCCN2C)cn1. The number of likely N-dealkylation sites (N-methyl/N-ethyl adjacent to an activating group) is 1. The number of rotatable bonds is 5. The van der Waals surface area contributed by atoms with Crippen molar-refractivity contribution in [3.63, 3.8) is 0 Å². The van der Waals surface area contributed by atoms with E-state index in [1.165, 1.54) is 12.8 Å². The molecule has 1 fully saturated rings. The number of hydrogen-bond donors (Lipinski definition) is 2. The fourth-order valence-electron chi connectivity index (χ4n) is 2.81. The van der Waals surface area contributed by atoms with E-state index in [0.29, 0.717) is 6.04 Å². The average molecular weight is 280 g/mol. The number of carbonyl (C=O) groups is 1. The third kappa shape index (κ3) is 3.50. The third-order valence-electron chi connectivity index (χ3n) is 4.01. The Morgan fingerprint density at radius 3 is 2.90 bits per heavy atom. The van der Waals surface area contributed by atoms with Gasteiger partial charge in [0.1, 0.15) is 0 Å². The fourth-order valence-corrected chi connectivity index (χ4v) is 2.81. The quantitative estimate of drug-likeness (QED) is 0.864. The van der Waals surface area contributed by atoms with Crippen molar-refractivity contribution < 1.29 is 9.90 Å². The lowest BCUT2D eigenvalue weighted by Crippen LogP contribution is -2.30. The normalized spacial score (nSPS) is 21.3. The van der Waals surface area contributed by atoms with Crippen LogP contribution < -0.4 is 5.32 Å². The van der Waals surface area contributed by atoms with Crippen LogP contribution in [0.3, 0.4) is 0 Å². The van der Waals surface area contributed by atoms with Crippen molar-refractivity contribution in [1.82, 2.24) is 19.8 Å². The number of likely N-dealkylation sites (tertiary alicyclic amines) is 1.